The van der Waals surface area contributed by atoms with Gasteiger partial charge in [0.15, 0.2) is 5.60 Å². The minimum absolute atomic E-state index is 0.0699. The number of hydrogen-bond acceptors (Lipinski definition) is 5. The zero-order valence-electron chi connectivity index (χ0n) is 9.90. The maximum Gasteiger partial charge on any atom is 0.339 e. The number of hydrogen-bond donors (Lipinski definition) is 1. The molecule has 2 unspecified atom stereocenters. The Morgan fingerprint density at radius 2 is 2.31 bits per heavy atom. The van der Waals surface area contributed by atoms with Gasteiger partial charge in [0, 0.05) is 6.61 Å². The summed E-state index contributed by atoms with van der Waals surface area (Å²) in [6, 6.07) is 0. The Hall–Kier alpha value is -0.650. The van der Waals surface area contributed by atoms with Gasteiger partial charge in [-0.25, -0.2) is 4.79 Å². The molecular weight excluding hydrogens is 212 g/mol. The van der Waals surface area contributed by atoms with Crippen LogP contribution in [0.1, 0.15) is 26.2 Å². The number of aliphatic hydroxyl groups is 1. The van der Waals surface area contributed by atoms with Crippen molar-refractivity contribution in [2.75, 3.05) is 26.9 Å². The molecule has 2 atom stereocenters. The first-order valence-electron chi connectivity index (χ1n) is 5.56. The van der Waals surface area contributed by atoms with Crippen LogP contribution >= 0.6 is 0 Å². The lowest BCUT2D eigenvalue weighted by atomic mass is 10.1. The molecule has 1 N–H and O–H groups in total. The molecule has 5 heteroatoms. The van der Waals surface area contributed by atoms with E-state index in [0.717, 1.165) is 25.9 Å². The van der Waals surface area contributed by atoms with Gasteiger partial charge >= 0.3 is 5.97 Å². The van der Waals surface area contributed by atoms with E-state index in [1.165, 1.54) is 14.0 Å². The fraction of sp³-hybridized carbons (Fsp3) is 0.909. The van der Waals surface area contributed by atoms with E-state index in [-0.39, 0.29) is 12.7 Å². The second-order valence-corrected chi connectivity index (χ2v) is 4.27. The molecule has 0 aromatic heterocycles. The highest BCUT2D eigenvalue weighted by atomic mass is 16.6. The van der Waals surface area contributed by atoms with Crippen molar-refractivity contribution in [3.05, 3.63) is 0 Å². The molecule has 16 heavy (non-hydrogen) atoms. The van der Waals surface area contributed by atoms with E-state index in [1.807, 2.05) is 0 Å². The van der Waals surface area contributed by atoms with E-state index in [1.54, 1.807) is 0 Å². The normalized spacial score (nSPS) is 24.8. The number of ether oxygens (including phenoxy) is 3. The van der Waals surface area contributed by atoms with E-state index in [0.29, 0.717) is 6.61 Å². The maximum atomic E-state index is 11.1. The van der Waals surface area contributed by atoms with Gasteiger partial charge in [0.25, 0.3) is 0 Å². The molecule has 0 aromatic carbocycles. The Morgan fingerprint density at radius 1 is 1.56 bits per heavy atom. The Bertz CT molecular complexity index is 220. The monoisotopic (exact) mass is 232 g/mol. The second kappa shape index (κ2) is 6.18. The summed E-state index contributed by atoms with van der Waals surface area (Å²) in [5, 5.41) is 9.67. The van der Waals surface area contributed by atoms with Crippen molar-refractivity contribution < 1.29 is 24.1 Å². The second-order valence-electron chi connectivity index (χ2n) is 4.27. The highest BCUT2D eigenvalue weighted by Crippen LogP contribution is 2.14. The molecule has 1 heterocycles. The fourth-order valence-corrected chi connectivity index (χ4v) is 1.61. The average molecular weight is 232 g/mol. The Kier molecular flexibility index (Phi) is 5.18. The van der Waals surface area contributed by atoms with Crippen LogP contribution < -0.4 is 0 Å². The van der Waals surface area contributed by atoms with Gasteiger partial charge in [-0.2, -0.15) is 0 Å². The first-order chi connectivity index (χ1) is 7.56. The summed E-state index contributed by atoms with van der Waals surface area (Å²) in [7, 11) is 1.24. The smallest absolute Gasteiger partial charge is 0.339 e. The van der Waals surface area contributed by atoms with Crippen molar-refractivity contribution in [3.8, 4) is 0 Å². The van der Waals surface area contributed by atoms with Gasteiger partial charge in [0.1, 0.15) is 0 Å². The SMILES string of the molecule is COC(=O)C(C)(O)COCC1CCCCO1. The van der Waals surface area contributed by atoms with Crippen molar-refractivity contribution in [1.29, 1.82) is 0 Å². The van der Waals surface area contributed by atoms with Crippen LogP contribution in [0.5, 0.6) is 0 Å². The molecular formula is C11H20O5. The first kappa shape index (κ1) is 13.4. The van der Waals surface area contributed by atoms with Gasteiger partial charge in [-0.15, -0.1) is 0 Å². The highest BCUT2D eigenvalue weighted by Gasteiger charge is 2.32. The Labute approximate surface area is 95.7 Å². The van der Waals surface area contributed by atoms with E-state index >= 15 is 0 Å². The average Bonchev–Trinajstić information content (AvgIpc) is 2.29. The van der Waals surface area contributed by atoms with Crippen molar-refractivity contribution in [1.82, 2.24) is 0 Å². The molecule has 0 amide bonds. The first-order valence-corrected chi connectivity index (χ1v) is 5.56. The lowest BCUT2D eigenvalue weighted by Gasteiger charge is -2.25. The van der Waals surface area contributed by atoms with E-state index in [4.69, 9.17) is 9.47 Å². The molecule has 0 bridgehead atoms. The van der Waals surface area contributed by atoms with Crippen molar-refractivity contribution in [3.63, 3.8) is 0 Å². The molecule has 0 spiro atoms. The summed E-state index contributed by atoms with van der Waals surface area (Å²) in [4.78, 5) is 11.1. The van der Waals surface area contributed by atoms with Crippen LogP contribution in [0.25, 0.3) is 0 Å². The third-order valence-electron chi connectivity index (χ3n) is 2.59. The quantitative estimate of drug-likeness (QED) is 0.699. The molecule has 5 nitrogen and oxygen atoms in total. The lowest BCUT2D eigenvalue weighted by molar-refractivity contribution is -0.168. The summed E-state index contributed by atoms with van der Waals surface area (Å²) in [5.41, 5.74) is -1.58. The van der Waals surface area contributed by atoms with E-state index in [2.05, 4.69) is 4.74 Å². The molecule has 1 fully saturated rings. The van der Waals surface area contributed by atoms with Crippen LogP contribution in [0.3, 0.4) is 0 Å². The van der Waals surface area contributed by atoms with Gasteiger partial charge in [-0.1, -0.05) is 0 Å². The number of rotatable bonds is 5. The van der Waals surface area contributed by atoms with Crippen LogP contribution in [0.4, 0.5) is 0 Å². The van der Waals surface area contributed by atoms with Crippen LogP contribution in [-0.2, 0) is 19.0 Å². The molecule has 0 saturated carbocycles. The zero-order chi connectivity index (χ0) is 12.0. The maximum absolute atomic E-state index is 11.1. The van der Waals surface area contributed by atoms with Gasteiger partial charge < -0.3 is 19.3 Å². The molecule has 0 radical (unpaired) electrons. The Balaban J connectivity index is 2.20. The molecule has 0 aromatic rings. The minimum Gasteiger partial charge on any atom is -0.467 e. The fourth-order valence-electron chi connectivity index (χ4n) is 1.61. The molecule has 1 saturated heterocycles. The molecule has 94 valence electrons. The van der Waals surface area contributed by atoms with Gasteiger partial charge in [0.2, 0.25) is 0 Å². The molecule has 1 aliphatic heterocycles. The third-order valence-corrected chi connectivity index (χ3v) is 2.59. The summed E-state index contributed by atoms with van der Waals surface area (Å²) < 4.78 is 15.2. The number of carbonyl (C=O) groups excluding carboxylic acids is 1. The standard InChI is InChI=1S/C11H20O5/c1-11(13,10(12)14-2)8-15-7-9-5-3-4-6-16-9/h9,13H,3-8H2,1-2H3. The molecule has 1 aliphatic rings. The predicted molar refractivity (Wildman–Crippen MR) is 57.0 cm³/mol. The predicted octanol–water partition coefficient (Wildman–Crippen LogP) is 0.496. The largest absolute Gasteiger partial charge is 0.467 e. The van der Waals surface area contributed by atoms with Crippen molar-refractivity contribution in [2.45, 2.75) is 37.9 Å². The van der Waals surface area contributed by atoms with Crippen LogP contribution in [-0.4, -0.2) is 49.7 Å². The van der Waals surface area contributed by atoms with Crippen LogP contribution in [0.15, 0.2) is 0 Å². The summed E-state index contributed by atoms with van der Waals surface area (Å²) in [5.74, 6) is -0.683. The number of esters is 1. The summed E-state index contributed by atoms with van der Waals surface area (Å²) >= 11 is 0. The van der Waals surface area contributed by atoms with Crippen LogP contribution in [0.2, 0.25) is 0 Å². The highest BCUT2D eigenvalue weighted by molar-refractivity contribution is 5.78. The van der Waals surface area contributed by atoms with Gasteiger partial charge in [0.05, 0.1) is 26.4 Å². The Morgan fingerprint density at radius 3 is 2.88 bits per heavy atom. The zero-order valence-corrected chi connectivity index (χ0v) is 9.90. The van der Waals surface area contributed by atoms with Crippen molar-refractivity contribution >= 4 is 5.97 Å². The molecule has 0 aliphatic carbocycles. The van der Waals surface area contributed by atoms with Gasteiger partial charge in [-0.3, -0.25) is 0 Å². The van der Waals surface area contributed by atoms with E-state index < -0.39 is 11.6 Å². The summed E-state index contributed by atoms with van der Waals surface area (Å²) in [6.07, 6.45) is 3.29. The third kappa shape index (κ3) is 4.08. The number of methoxy groups -OCH3 is 1. The molecule has 1 rings (SSSR count). The summed E-state index contributed by atoms with van der Waals surface area (Å²) in [6.45, 7) is 2.48. The minimum atomic E-state index is -1.58. The van der Waals surface area contributed by atoms with Crippen LogP contribution in [0, 0.1) is 0 Å². The lowest BCUT2D eigenvalue weighted by Crippen LogP contribution is -2.42. The van der Waals surface area contributed by atoms with E-state index in [9.17, 15) is 9.90 Å². The van der Waals surface area contributed by atoms with Gasteiger partial charge in [-0.05, 0) is 26.2 Å². The number of carbonyl (C=O) groups is 1. The van der Waals surface area contributed by atoms with Crippen molar-refractivity contribution in [2.24, 2.45) is 0 Å². The topological polar surface area (TPSA) is 65.0 Å².